The van der Waals surface area contributed by atoms with E-state index in [-0.39, 0.29) is 11.4 Å². The molecule has 1 aromatic carbocycles. The first-order valence-electron chi connectivity index (χ1n) is 5.63. The van der Waals surface area contributed by atoms with Crippen molar-refractivity contribution in [3.63, 3.8) is 0 Å². The molecule has 0 bridgehead atoms. The van der Waals surface area contributed by atoms with Crippen molar-refractivity contribution in [1.82, 2.24) is 0 Å². The Morgan fingerprint density at radius 3 is 2.44 bits per heavy atom. The van der Waals surface area contributed by atoms with Crippen LogP contribution in [0, 0.1) is 11.6 Å². The van der Waals surface area contributed by atoms with Crippen LogP contribution in [0.15, 0.2) is 34.9 Å². The van der Waals surface area contributed by atoms with Gasteiger partial charge in [0.15, 0.2) is 11.6 Å². The fourth-order valence-electron chi connectivity index (χ4n) is 1.83. The number of rotatable bonds is 4. The molecule has 1 aromatic heterocycles. The SMILES string of the molecule is CCN(Cc1ccco1)c1c(F)cc(N)cc1F. The first kappa shape index (κ1) is 12.4. The number of hydrogen-bond acceptors (Lipinski definition) is 3. The van der Waals surface area contributed by atoms with Gasteiger partial charge in [-0.15, -0.1) is 0 Å². The molecule has 0 radical (unpaired) electrons. The highest BCUT2D eigenvalue weighted by Gasteiger charge is 2.17. The Labute approximate surface area is 104 Å². The van der Waals surface area contributed by atoms with Gasteiger partial charge in [-0.3, -0.25) is 0 Å². The minimum atomic E-state index is -0.666. The van der Waals surface area contributed by atoms with Crippen molar-refractivity contribution in [2.24, 2.45) is 0 Å². The molecule has 0 atom stereocenters. The van der Waals surface area contributed by atoms with Crippen molar-refractivity contribution in [2.75, 3.05) is 17.2 Å². The van der Waals surface area contributed by atoms with Gasteiger partial charge in [-0.05, 0) is 31.2 Å². The Morgan fingerprint density at radius 1 is 1.28 bits per heavy atom. The molecule has 0 fully saturated rings. The third-order valence-corrected chi connectivity index (χ3v) is 2.66. The Kier molecular flexibility index (Phi) is 3.50. The molecule has 0 amide bonds. The molecule has 0 aliphatic rings. The van der Waals surface area contributed by atoms with Crippen LogP contribution < -0.4 is 10.6 Å². The molecule has 0 spiro atoms. The molecule has 0 aliphatic heterocycles. The molecule has 1 heterocycles. The lowest BCUT2D eigenvalue weighted by Gasteiger charge is -2.23. The van der Waals surface area contributed by atoms with E-state index in [9.17, 15) is 8.78 Å². The topological polar surface area (TPSA) is 42.4 Å². The second-order valence-electron chi connectivity index (χ2n) is 3.93. The maximum atomic E-state index is 13.8. The quantitative estimate of drug-likeness (QED) is 0.850. The summed E-state index contributed by atoms with van der Waals surface area (Å²) in [7, 11) is 0. The number of hydrogen-bond donors (Lipinski definition) is 1. The zero-order chi connectivity index (χ0) is 13.1. The highest BCUT2D eigenvalue weighted by atomic mass is 19.1. The van der Waals surface area contributed by atoms with E-state index in [2.05, 4.69) is 0 Å². The fourth-order valence-corrected chi connectivity index (χ4v) is 1.83. The molecular formula is C13H14F2N2O. The van der Waals surface area contributed by atoms with Crippen molar-refractivity contribution in [3.8, 4) is 0 Å². The normalized spacial score (nSPS) is 10.6. The van der Waals surface area contributed by atoms with Crippen LogP contribution in [0.5, 0.6) is 0 Å². The third-order valence-electron chi connectivity index (χ3n) is 2.66. The van der Waals surface area contributed by atoms with Crippen LogP contribution in [-0.2, 0) is 6.54 Å². The summed E-state index contributed by atoms with van der Waals surface area (Å²) in [6.45, 7) is 2.58. The van der Waals surface area contributed by atoms with Crippen molar-refractivity contribution >= 4 is 11.4 Å². The molecule has 2 N–H and O–H groups in total. The van der Waals surface area contributed by atoms with Crippen molar-refractivity contribution in [1.29, 1.82) is 0 Å². The number of furan rings is 1. The van der Waals surface area contributed by atoms with E-state index in [1.54, 1.807) is 17.0 Å². The molecule has 2 rings (SSSR count). The first-order chi connectivity index (χ1) is 8.61. The van der Waals surface area contributed by atoms with Gasteiger partial charge >= 0.3 is 0 Å². The summed E-state index contributed by atoms with van der Waals surface area (Å²) in [5, 5.41) is 0. The van der Waals surface area contributed by atoms with E-state index in [0.29, 0.717) is 18.8 Å². The van der Waals surface area contributed by atoms with Crippen LogP contribution >= 0.6 is 0 Å². The minimum absolute atomic E-state index is 0.0720. The second kappa shape index (κ2) is 5.08. The largest absolute Gasteiger partial charge is 0.467 e. The average Bonchev–Trinajstić information content (AvgIpc) is 2.79. The Bertz CT molecular complexity index is 503. The smallest absolute Gasteiger partial charge is 0.151 e. The van der Waals surface area contributed by atoms with Gasteiger partial charge in [0.1, 0.15) is 11.4 Å². The summed E-state index contributed by atoms with van der Waals surface area (Å²) >= 11 is 0. The summed E-state index contributed by atoms with van der Waals surface area (Å²) in [6, 6.07) is 5.72. The molecule has 0 saturated carbocycles. The van der Waals surface area contributed by atoms with Crippen LogP contribution in [0.1, 0.15) is 12.7 Å². The lowest BCUT2D eigenvalue weighted by Crippen LogP contribution is -2.24. The van der Waals surface area contributed by atoms with Gasteiger partial charge in [-0.25, -0.2) is 8.78 Å². The number of nitrogen functional groups attached to an aromatic ring is 1. The van der Waals surface area contributed by atoms with E-state index < -0.39 is 11.6 Å². The van der Waals surface area contributed by atoms with Crippen molar-refractivity contribution in [2.45, 2.75) is 13.5 Å². The van der Waals surface area contributed by atoms with Gasteiger partial charge in [0.25, 0.3) is 0 Å². The van der Waals surface area contributed by atoms with E-state index in [0.717, 1.165) is 12.1 Å². The van der Waals surface area contributed by atoms with Crippen molar-refractivity contribution in [3.05, 3.63) is 47.9 Å². The predicted octanol–water partition coefficient (Wildman–Crippen LogP) is 3.17. The standard InChI is InChI=1S/C13H14F2N2O/c1-2-17(8-10-4-3-5-18-10)13-11(14)6-9(16)7-12(13)15/h3-7H,2,8,16H2,1H3. The van der Waals surface area contributed by atoms with Gasteiger partial charge < -0.3 is 15.1 Å². The summed E-state index contributed by atoms with van der Waals surface area (Å²) in [4.78, 5) is 1.56. The molecular weight excluding hydrogens is 238 g/mol. The molecule has 96 valence electrons. The molecule has 18 heavy (non-hydrogen) atoms. The molecule has 3 nitrogen and oxygen atoms in total. The summed E-state index contributed by atoms with van der Waals surface area (Å²) in [6.07, 6.45) is 1.53. The van der Waals surface area contributed by atoms with Gasteiger partial charge in [0.05, 0.1) is 12.8 Å². The highest BCUT2D eigenvalue weighted by Crippen LogP contribution is 2.27. The monoisotopic (exact) mass is 252 g/mol. The zero-order valence-corrected chi connectivity index (χ0v) is 9.99. The van der Waals surface area contributed by atoms with Crippen LogP contribution in [0.3, 0.4) is 0 Å². The van der Waals surface area contributed by atoms with Crippen molar-refractivity contribution < 1.29 is 13.2 Å². The van der Waals surface area contributed by atoms with E-state index in [1.165, 1.54) is 6.26 Å². The lowest BCUT2D eigenvalue weighted by molar-refractivity contribution is 0.497. The molecule has 0 aliphatic carbocycles. The van der Waals surface area contributed by atoms with Crippen LogP contribution in [0.2, 0.25) is 0 Å². The Morgan fingerprint density at radius 2 is 1.94 bits per heavy atom. The maximum absolute atomic E-state index is 13.8. The van der Waals surface area contributed by atoms with E-state index in [4.69, 9.17) is 10.2 Å². The Hall–Kier alpha value is -2.04. The summed E-state index contributed by atoms with van der Waals surface area (Å²) in [5.74, 6) is -0.686. The van der Waals surface area contributed by atoms with Gasteiger partial charge in [-0.1, -0.05) is 0 Å². The first-order valence-corrected chi connectivity index (χ1v) is 5.63. The van der Waals surface area contributed by atoms with Gasteiger partial charge in [-0.2, -0.15) is 0 Å². The fraction of sp³-hybridized carbons (Fsp3) is 0.231. The van der Waals surface area contributed by atoms with Crippen LogP contribution in [-0.4, -0.2) is 6.54 Å². The van der Waals surface area contributed by atoms with Crippen LogP contribution in [0.4, 0.5) is 20.2 Å². The number of anilines is 2. The number of nitrogens with zero attached hydrogens (tertiary/aromatic N) is 1. The predicted molar refractivity (Wildman–Crippen MR) is 66.2 cm³/mol. The number of halogens is 2. The molecule has 2 aromatic rings. The highest BCUT2D eigenvalue weighted by molar-refractivity contribution is 5.55. The number of benzene rings is 1. The van der Waals surface area contributed by atoms with Crippen LogP contribution in [0.25, 0.3) is 0 Å². The second-order valence-corrected chi connectivity index (χ2v) is 3.93. The number of nitrogens with two attached hydrogens (primary N) is 1. The maximum Gasteiger partial charge on any atom is 0.151 e. The van der Waals surface area contributed by atoms with E-state index >= 15 is 0 Å². The van der Waals surface area contributed by atoms with Gasteiger partial charge in [0.2, 0.25) is 0 Å². The third kappa shape index (κ3) is 2.45. The molecule has 5 heteroatoms. The average molecular weight is 252 g/mol. The molecule has 0 saturated heterocycles. The van der Waals surface area contributed by atoms with Gasteiger partial charge in [0, 0.05) is 12.2 Å². The summed E-state index contributed by atoms with van der Waals surface area (Å²) < 4.78 is 32.7. The summed E-state index contributed by atoms with van der Waals surface area (Å²) in [5.41, 5.74) is 5.38. The lowest BCUT2D eigenvalue weighted by atomic mass is 10.2. The minimum Gasteiger partial charge on any atom is -0.467 e. The van der Waals surface area contributed by atoms with E-state index in [1.807, 2.05) is 6.92 Å². The zero-order valence-electron chi connectivity index (χ0n) is 9.99. The molecule has 0 unspecified atom stereocenters. The Balaban J connectivity index is 2.33.